The third-order valence-corrected chi connectivity index (χ3v) is 5.34. The molecule has 1 aliphatic heterocycles. The van der Waals surface area contributed by atoms with Gasteiger partial charge in [0.25, 0.3) is 5.91 Å². The van der Waals surface area contributed by atoms with Gasteiger partial charge in [-0.15, -0.1) is 12.4 Å². The monoisotopic (exact) mass is 461 g/mol. The Bertz CT molecular complexity index is 1190. The zero-order valence-corrected chi connectivity index (χ0v) is 18.7. The molecule has 1 aromatic heterocycles. The van der Waals surface area contributed by atoms with Crippen LogP contribution in [0.1, 0.15) is 22.5 Å². The topological polar surface area (TPSA) is 82.5 Å². The summed E-state index contributed by atoms with van der Waals surface area (Å²) in [6.07, 6.45) is 6.67. The highest BCUT2D eigenvalue weighted by atomic mass is 35.5. The van der Waals surface area contributed by atoms with E-state index in [4.69, 9.17) is 5.21 Å². The maximum atomic E-state index is 12.7. The van der Waals surface area contributed by atoms with Gasteiger partial charge in [-0.3, -0.25) is 14.8 Å². The summed E-state index contributed by atoms with van der Waals surface area (Å²) in [6.45, 7) is 1.25. The molecule has 2 heterocycles. The Hall–Kier alpha value is -3.74. The van der Waals surface area contributed by atoms with Gasteiger partial charge in [0.15, 0.2) is 0 Å². The van der Waals surface area contributed by atoms with E-state index < -0.39 is 5.91 Å². The second kappa shape index (κ2) is 11.2. The van der Waals surface area contributed by atoms with E-state index in [9.17, 15) is 9.59 Å². The van der Waals surface area contributed by atoms with Crippen LogP contribution in [0.2, 0.25) is 0 Å². The van der Waals surface area contributed by atoms with E-state index in [0.29, 0.717) is 24.5 Å². The second-order valence-electron chi connectivity index (χ2n) is 7.49. The van der Waals surface area contributed by atoms with Crippen molar-refractivity contribution in [1.82, 2.24) is 15.4 Å². The molecular formula is C26H24ClN3O3. The van der Waals surface area contributed by atoms with Crippen molar-refractivity contribution in [2.45, 2.75) is 13.0 Å². The Morgan fingerprint density at radius 1 is 0.879 bits per heavy atom. The molecule has 0 unspecified atom stereocenters. The van der Waals surface area contributed by atoms with E-state index in [2.05, 4.69) is 35.3 Å². The molecule has 0 spiro atoms. The quantitative estimate of drug-likeness (QED) is 0.337. The smallest absolute Gasteiger partial charge is 0.267 e. The predicted molar refractivity (Wildman–Crippen MR) is 130 cm³/mol. The van der Waals surface area contributed by atoms with Crippen LogP contribution in [0.4, 0.5) is 0 Å². The SMILES string of the molecule is Cl.O=C(C=Cc1cccc(C=CC(=O)N2CCc3cc(-c4ccccc4)ccc3C2)n1)NO. The molecule has 2 amide bonds. The van der Waals surface area contributed by atoms with Crippen LogP contribution in [-0.4, -0.2) is 33.5 Å². The molecule has 2 N–H and O–H groups in total. The molecule has 0 fully saturated rings. The number of hydrogen-bond acceptors (Lipinski definition) is 4. The number of amides is 2. The second-order valence-corrected chi connectivity index (χ2v) is 7.49. The summed E-state index contributed by atoms with van der Waals surface area (Å²) in [5.74, 6) is -0.700. The van der Waals surface area contributed by atoms with Gasteiger partial charge in [0.1, 0.15) is 0 Å². The molecule has 0 bridgehead atoms. The van der Waals surface area contributed by atoms with Gasteiger partial charge in [-0.1, -0.05) is 54.6 Å². The lowest BCUT2D eigenvalue weighted by molar-refractivity contribution is -0.127. The van der Waals surface area contributed by atoms with Gasteiger partial charge in [0.05, 0.1) is 11.4 Å². The number of carbonyl (C=O) groups excluding carboxylic acids is 2. The van der Waals surface area contributed by atoms with Crippen LogP contribution in [0, 0.1) is 0 Å². The fraction of sp³-hybridized carbons (Fsp3) is 0.115. The molecule has 0 aliphatic carbocycles. The molecular weight excluding hydrogens is 438 g/mol. The third kappa shape index (κ3) is 6.16. The lowest BCUT2D eigenvalue weighted by atomic mass is 9.94. The van der Waals surface area contributed by atoms with Crippen molar-refractivity contribution in [2.24, 2.45) is 0 Å². The lowest BCUT2D eigenvalue weighted by Crippen LogP contribution is -2.34. The summed E-state index contributed by atoms with van der Waals surface area (Å²) in [5, 5.41) is 8.54. The van der Waals surface area contributed by atoms with Crippen molar-refractivity contribution in [3.63, 3.8) is 0 Å². The first kappa shape index (κ1) is 23.9. The molecule has 33 heavy (non-hydrogen) atoms. The van der Waals surface area contributed by atoms with Crippen molar-refractivity contribution < 1.29 is 14.8 Å². The first-order valence-corrected chi connectivity index (χ1v) is 10.4. The zero-order valence-electron chi connectivity index (χ0n) is 17.8. The standard InChI is InChI=1S/C26H23N3O3.ClH/c30-25(28-32)13-11-23-7-4-8-24(27-23)12-14-26(31)29-16-15-21-17-20(9-10-22(21)18-29)19-5-2-1-3-6-19;/h1-14,17,32H,15-16,18H2,(H,28,30);1H. The van der Waals surface area contributed by atoms with Crippen LogP contribution in [0.3, 0.4) is 0 Å². The number of halogens is 1. The number of carbonyl (C=O) groups is 2. The van der Waals surface area contributed by atoms with Gasteiger partial charge >= 0.3 is 0 Å². The minimum Gasteiger partial charge on any atom is -0.334 e. The molecule has 0 atom stereocenters. The maximum Gasteiger partial charge on any atom is 0.267 e. The fourth-order valence-corrected chi connectivity index (χ4v) is 3.67. The molecule has 4 rings (SSSR count). The average Bonchev–Trinajstić information content (AvgIpc) is 2.86. The summed E-state index contributed by atoms with van der Waals surface area (Å²) in [5.41, 5.74) is 7.52. The molecule has 3 aromatic rings. The van der Waals surface area contributed by atoms with Gasteiger partial charge in [-0.25, -0.2) is 10.5 Å². The largest absolute Gasteiger partial charge is 0.334 e. The number of benzene rings is 2. The summed E-state index contributed by atoms with van der Waals surface area (Å²) in [6, 6.07) is 22.0. The predicted octanol–water partition coefficient (Wildman–Crippen LogP) is 4.29. The number of hydrogen-bond donors (Lipinski definition) is 2. The lowest BCUT2D eigenvalue weighted by Gasteiger charge is -2.28. The number of pyridine rings is 1. The summed E-state index contributed by atoms with van der Waals surface area (Å²) in [7, 11) is 0. The van der Waals surface area contributed by atoms with E-state index in [1.54, 1.807) is 24.3 Å². The first-order chi connectivity index (χ1) is 15.6. The Labute approximate surface area is 198 Å². The van der Waals surface area contributed by atoms with Crippen LogP contribution < -0.4 is 5.48 Å². The van der Waals surface area contributed by atoms with Crippen LogP contribution in [0.5, 0.6) is 0 Å². The number of nitrogens with one attached hydrogen (secondary N) is 1. The summed E-state index contributed by atoms with van der Waals surface area (Å²) >= 11 is 0. The van der Waals surface area contributed by atoms with Crippen molar-refractivity contribution in [1.29, 1.82) is 0 Å². The van der Waals surface area contributed by atoms with Gasteiger partial charge in [0, 0.05) is 25.2 Å². The molecule has 168 valence electrons. The molecule has 2 aromatic carbocycles. The normalized spacial score (nSPS) is 12.9. The van der Waals surface area contributed by atoms with Crippen molar-refractivity contribution in [2.75, 3.05) is 6.54 Å². The average molecular weight is 462 g/mol. The van der Waals surface area contributed by atoms with E-state index in [1.165, 1.54) is 46.0 Å². The van der Waals surface area contributed by atoms with E-state index >= 15 is 0 Å². The Morgan fingerprint density at radius 2 is 1.61 bits per heavy atom. The highest BCUT2D eigenvalue weighted by molar-refractivity contribution is 5.92. The van der Waals surface area contributed by atoms with E-state index in [0.717, 1.165) is 6.42 Å². The van der Waals surface area contributed by atoms with Crippen LogP contribution >= 0.6 is 12.4 Å². The molecule has 0 saturated heterocycles. The summed E-state index contributed by atoms with van der Waals surface area (Å²) in [4.78, 5) is 30.0. The molecule has 6 nitrogen and oxygen atoms in total. The van der Waals surface area contributed by atoms with E-state index in [1.807, 2.05) is 23.1 Å². The molecule has 7 heteroatoms. The first-order valence-electron chi connectivity index (χ1n) is 10.4. The molecule has 0 radical (unpaired) electrons. The number of rotatable bonds is 5. The van der Waals surface area contributed by atoms with Crippen molar-refractivity contribution >= 4 is 36.4 Å². The van der Waals surface area contributed by atoms with Gasteiger partial charge < -0.3 is 4.90 Å². The highest BCUT2D eigenvalue weighted by Crippen LogP contribution is 2.26. The van der Waals surface area contributed by atoms with Crippen molar-refractivity contribution in [3.8, 4) is 11.1 Å². The van der Waals surface area contributed by atoms with Gasteiger partial charge in [-0.2, -0.15) is 0 Å². The fourth-order valence-electron chi connectivity index (χ4n) is 3.67. The van der Waals surface area contributed by atoms with Crippen molar-refractivity contribution in [3.05, 3.63) is 101 Å². The third-order valence-electron chi connectivity index (χ3n) is 5.34. The Balaban J connectivity index is 0.00000306. The minimum atomic E-state index is -0.635. The molecule has 0 saturated carbocycles. The molecule has 1 aliphatic rings. The number of fused-ring (bicyclic) bond motifs is 1. The van der Waals surface area contributed by atoms with Gasteiger partial charge in [-0.05, 0) is 53.0 Å². The summed E-state index contributed by atoms with van der Waals surface area (Å²) < 4.78 is 0. The maximum absolute atomic E-state index is 12.7. The van der Waals surface area contributed by atoms with Crippen LogP contribution in [-0.2, 0) is 22.6 Å². The Kier molecular flexibility index (Phi) is 8.13. The minimum absolute atomic E-state index is 0. The number of hydroxylamine groups is 1. The number of aromatic nitrogens is 1. The van der Waals surface area contributed by atoms with Gasteiger partial charge in [0.2, 0.25) is 5.91 Å². The van der Waals surface area contributed by atoms with E-state index in [-0.39, 0.29) is 18.3 Å². The van der Waals surface area contributed by atoms with Crippen LogP contribution in [0.15, 0.2) is 78.9 Å². The Morgan fingerprint density at radius 3 is 2.33 bits per heavy atom. The highest BCUT2D eigenvalue weighted by Gasteiger charge is 2.19. The zero-order chi connectivity index (χ0) is 22.3. The number of nitrogens with zero attached hydrogens (tertiary/aromatic N) is 2. The van der Waals surface area contributed by atoms with Crippen LogP contribution in [0.25, 0.3) is 23.3 Å².